The second kappa shape index (κ2) is 4.73. The summed E-state index contributed by atoms with van der Waals surface area (Å²) in [6.45, 7) is 4.98. The number of rotatable bonds is 4. The minimum absolute atomic E-state index is 0.279. The first-order chi connectivity index (χ1) is 4.16. The van der Waals surface area contributed by atoms with E-state index in [0.717, 1.165) is 0 Å². The van der Waals surface area contributed by atoms with Gasteiger partial charge in [0, 0.05) is 19.1 Å². The molecule has 0 rings (SSSR count). The van der Waals surface area contributed by atoms with Crippen molar-refractivity contribution >= 4 is 0 Å². The molecule has 0 aliphatic carbocycles. The lowest BCUT2D eigenvalue weighted by atomic mass is 10.3. The molecule has 3 nitrogen and oxygen atoms in total. The van der Waals surface area contributed by atoms with Crippen LogP contribution < -0.4 is 11.1 Å². The smallest absolute Gasteiger partial charge is 0.0636 e. The van der Waals surface area contributed by atoms with Gasteiger partial charge in [-0.05, 0) is 13.8 Å². The molecule has 0 amide bonds. The van der Waals surface area contributed by atoms with Gasteiger partial charge in [-0.2, -0.15) is 0 Å². The summed E-state index contributed by atoms with van der Waals surface area (Å²) in [5.41, 5.74) is 5.31. The maximum atomic E-state index is 8.79. The van der Waals surface area contributed by atoms with Crippen LogP contribution >= 0.6 is 0 Å². The number of hydrogen-bond acceptors (Lipinski definition) is 3. The van der Waals surface area contributed by atoms with Crippen LogP contribution in [0.1, 0.15) is 13.8 Å². The molecular formula is C6H16N2O. The number of nitrogens with two attached hydrogens (primary N) is 1. The Morgan fingerprint density at radius 3 is 2.44 bits per heavy atom. The molecule has 0 aromatic carbocycles. The van der Waals surface area contributed by atoms with E-state index in [4.69, 9.17) is 10.8 Å². The molecule has 0 aromatic heterocycles. The number of aliphatic hydroxyl groups is 1. The van der Waals surface area contributed by atoms with Gasteiger partial charge in [0.05, 0.1) is 6.10 Å². The molecule has 9 heavy (non-hydrogen) atoms. The van der Waals surface area contributed by atoms with Crippen LogP contribution in [0, 0.1) is 0 Å². The first kappa shape index (κ1) is 8.88. The molecule has 0 saturated carbocycles. The average molecular weight is 132 g/mol. The van der Waals surface area contributed by atoms with Gasteiger partial charge in [0.1, 0.15) is 0 Å². The van der Waals surface area contributed by atoms with Crippen LogP contribution in [0.4, 0.5) is 0 Å². The molecule has 3 heteroatoms. The van der Waals surface area contributed by atoms with Crippen molar-refractivity contribution in [2.24, 2.45) is 5.73 Å². The van der Waals surface area contributed by atoms with Crippen LogP contribution in [0.15, 0.2) is 0 Å². The third-order valence-corrected chi connectivity index (χ3v) is 1.12. The van der Waals surface area contributed by atoms with E-state index in [1.807, 2.05) is 6.92 Å². The Balaban J connectivity index is 3.06. The molecule has 0 bridgehead atoms. The lowest BCUT2D eigenvalue weighted by Crippen LogP contribution is -2.37. The summed E-state index contributed by atoms with van der Waals surface area (Å²) in [4.78, 5) is 0. The number of hydrogen-bond donors (Lipinski definition) is 3. The Kier molecular flexibility index (Phi) is 4.67. The van der Waals surface area contributed by atoms with Gasteiger partial charge < -0.3 is 16.2 Å². The second-order valence-electron chi connectivity index (χ2n) is 2.39. The van der Waals surface area contributed by atoms with E-state index < -0.39 is 0 Å². The van der Waals surface area contributed by atoms with Crippen molar-refractivity contribution in [2.45, 2.75) is 26.0 Å². The molecule has 2 unspecified atom stereocenters. The Morgan fingerprint density at radius 1 is 1.56 bits per heavy atom. The van der Waals surface area contributed by atoms with Gasteiger partial charge in [0.25, 0.3) is 0 Å². The van der Waals surface area contributed by atoms with Gasteiger partial charge in [-0.1, -0.05) is 0 Å². The molecule has 0 heterocycles. The Labute approximate surface area is 56.2 Å². The fourth-order valence-corrected chi connectivity index (χ4v) is 0.455. The fraction of sp³-hybridized carbons (Fsp3) is 1.00. The van der Waals surface area contributed by atoms with Gasteiger partial charge in [0.2, 0.25) is 0 Å². The average Bonchev–Trinajstić information content (AvgIpc) is 1.83. The molecule has 0 fully saturated rings. The SMILES string of the molecule is CC(O)CNC(C)CN. The van der Waals surface area contributed by atoms with E-state index in [1.165, 1.54) is 0 Å². The highest BCUT2D eigenvalue weighted by molar-refractivity contribution is 4.61. The summed E-state index contributed by atoms with van der Waals surface area (Å²) in [6, 6.07) is 0.305. The normalized spacial score (nSPS) is 17.3. The molecule has 0 aromatic rings. The molecular weight excluding hydrogens is 116 g/mol. The predicted octanol–water partition coefficient (Wildman–Crippen LogP) is -0.696. The topological polar surface area (TPSA) is 58.3 Å². The van der Waals surface area contributed by atoms with Gasteiger partial charge in [0.15, 0.2) is 0 Å². The number of nitrogens with one attached hydrogen (secondary N) is 1. The highest BCUT2D eigenvalue weighted by Crippen LogP contribution is 1.78. The zero-order chi connectivity index (χ0) is 7.28. The van der Waals surface area contributed by atoms with Crippen LogP contribution in [0.25, 0.3) is 0 Å². The van der Waals surface area contributed by atoms with E-state index in [-0.39, 0.29) is 6.10 Å². The molecule has 0 aliphatic heterocycles. The Bertz CT molecular complexity index is 66.1. The van der Waals surface area contributed by atoms with Gasteiger partial charge in [-0.15, -0.1) is 0 Å². The zero-order valence-corrected chi connectivity index (χ0v) is 6.09. The minimum atomic E-state index is -0.279. The monoisotopic (exact) mass is 132 g/mol. The molecule has 0 saturated heterocycles. The van der Waals surface area contributed by atoms with Crippen molar-refractivity contribution in [3.05, 3.63) is 0 Å². The standard InChI is InChI=1S/C6H16N2O/c1-5(3-7)8-4-6(2)9/h5-6,8-9H,3-4,7H2,1-2H3. The Hall–Kier alpha value is -0.120. The lowest BCUT2D eigenvalue weighted by molar-refractivity contribution is 0.187. The quantitative estimate of drug-likeness (QED) is 0.474. The summed E-state index contributed by atoms with van der Waals surface area (Å²) in [5, 5.41) is 11.9. The third kappa shape index (κ3) is 5.76. The van der Waals surface area contributed by atoms with E-state index in [0.29, 0.717) is 19.1 Å². The van der Waals surface area contributed by atoms with E-state index in [2.05, 4.69) is 5.32 Å². The maximum absolute atomic E-state index is 8.79. The molecule has 0 spiro atoms. The third-order valence-electron chi connectivity index (χ3n) is 1.12. The zero-order valence-electron chi connectivity index (χ0n) is 6.09. The van der Waals surface area contributed by atoms with Gasteiger partial charge in [-0.3, -0.25) is 0 Å². The first-order valence-corrected chi connectivity index (χ1v) is 3.28. The largest absolute Gasteiger partial charge is 0.392 e. The summed E-state index contributed by atoms with van der Waals surface area (Å²) in [5.74, 6) is 0. The minimum Gasteiger partial charge on any atom is -0.392 e. The summed E-state index contributed by atoms with van der Waals surface area (Å²) in [6.07, 6.45) is -0.279. The van der Waals surface area contributed by atoms with Crippen molar-refractivity contribution < 1.29 is 5.11 Å². The van der Waals surface area contributed by atoms with E-state index in [1.54, 1.807) is 6.92 Å². The van der Waals surface area contributed by atoms with Gasteiger partial charge in [-0.25, -0.2) is 0 Å². The number of aliphatic hydroxyl groups excluding tert-OH is 1. The maximum Gasteiger partial charge on any atom is 0.0636 e. The Morgan fingerprint density at radius 2 is 2.11 bits per heavy atom. The predicted molar refractivity (Wildman–Crippen MR) is 38.2 cm³/mol. The van der Waals surface area contributed by atoms with Crippen LogP contribution in [-0.4, -0.2) is 30.3 Å². The summed E-state index contributed by atoms with van der Waals surface area (Å²) >= 11 is 0. The summed E-state index contributed by atoms with van der Waals surface area (Å²) in [7, 11) is 0. The summed E-state index contributed by atoms with van der Waals surface area (Å²) < 4.78 is 0. The van der Waals surface area contributed by atoms with Crippen molar-refractivity contribution in [1.29, 1.82) is 0 Å². The van der Waals surface area contributed by atoms with Crippen LogP contribution in [-0.2, 0) is 0 Å². The molecule has 2 atom stereocenters. The van der Waals surface area contributed by atoms with E-state index >= 15 is 0 Å². The fourth-order valence-electron chi connectivity index (χ4n) is 0.455. The second-order valence-corrected chi connectivity index (χ2v) is 2.39. The van der Waals surface area contributed by atoms with Crippen molar-refractivity contribution in [1.82, 2.24) is 5.32 Å². The van der Waals surface area contributed by atoms with Crippen LogP contribution in [0.3, 0.4) is 0 Å². The van der Waals surface area contributed by atoms with Crippen LogP contribution in [0.2, 0.25) is 0 Å². The van der Waals surface area contributed by atoms with Crippen molar-refractivity contribution in [3.8, 4) is 0 Å². The van der Waals surface area contributed by atoms with E-state index in [9.17, 15) is 0 Å². The van der Waals surface area contributed by atoms with Gasteiger partial charge >= 0.3 is 0 Å². The highest BCUT2D eigenvalue weighted by atomic mass is 16.3. The molecule has 0 radical (unpaired) electrons. The molecule has 56 valence electrons. The van der Waals surface area contributed by atoms with Crippen molar-refractivity contribution in [2.75, 3.05) is 13.1 Å². The van der Waals surface area contributed by atoms with Crippen LogP contribution in [0.5, 0.6) is 0 Å². The first-order valence-electron chi connectivity index (χ1n) is 3.28. The molecule has 4 N–H and O–H groups in total. The highest BCUT2D eigenvalue weighted by Gasteiger charge is 1.98. The lowest BCUT2D eigenvalue weighted by Gasteiger charge is -2.11. The van der Waals surface area contributed by atoms with Crippen molar-refractivity contribution in [3.63, 3.8) is 0 Å². The molecule has 0 aliphatic rings.